The van der Waals surface area contributed by atoms with Crippen molar-refractivity contribution in [1.29, 1.82) is 0 Å². The summed E-state index contributed by atoms with van der Waals surface area (Å²) in [5.41, 5.74) is 6.50. The highest BCUT2D eigenvalue weighted by atomic mass is 19.4. The summed E-state index contributed by atoms with van der Waals surface area (Å²) >= 11 is 0. The summed E-state index contributed by atoms with van der Waals surface area (Å²) in [7, 11) is 1.42. The molecule has 0 amide bonds. The number of pyridine rings is 1. The molecule has 2 unspecified atom stereocenters. The Morgan fingerprint density at radius 3 is 2.29 bits per heavy atom. The van der Waals surface area contributed by atoms with E-state index in [0.717, 1.165) is 5.56 Å². The molecule has 0 aliphatic carbocycles. The molecule has 0 saturated carbocycles. The van der Waals surface area contributed by atoms with Crippen LogP contribution in [0, 0.1) is 0 Å². The fourth-order valence-electron chi connectivity index (χ4n) is 1.90. The Hall–Kier alpha value is -1.14. The van der Waals surface area contributed by atoms with Gasteiger partial charge in [0, 0.05) is 24.5 Å². The van der Waals surface area contributed by atoms with E-state index in [9.17, 15) is 13.2 Å². The van der Waals surface area contributed by atoms with Crippen LogP contribution in [0.1, 0.15) is 18.5 Å². The maximum Gasteiger partial charge on any atom is 0.401 e. The van der Waals surface area contributed by atoms with Crippen LogP contribution in [-0.2, 0) is 0 Å². The molecule has 6 heteroatoms. The number of nitrogens with zero attached hydrogens (tertiary/aromatic N) is 2. The van der Waals surface area contributed by atoms with E-state index < -0.39 is 24.8 Å². The summed E-state index contributed by atoms with van der Waals surface area (Å²) < 4.78 is 37.1. The van der Waals surface area contributed by atoms with E-state index in [1.165, 1.54) is 11.9 Å². The van der Waals surface area contributed by atoms with E-state index in [-0.39, 0.29) is 0 Å². The normalized spacial score (nSPS) is 15.9. The van der Waals surface area contributed by atoms with Gasteiger partial charge in [0.05, 0.1) is 6.54 Å². The van der Waals surface area contributed by atoms with E-state index in [4.69, 9.17) is 5.73 Å². The zero-order valence-corrected chi connectivity index (χ0v) is 9.78. The summed E-state index contributed by atoms with van der Waals surface area (Å²) in [4.78, 5) is 5.05. The second-order valence-electron chi connectivity index (χ2n) is 4.11. The Balaban J connectivity index is 2.87. The van der Waals surface area contributed by atoms with Gasteiger partial charge in [0.2, 0.25) is 0 Å². The van der Waals surface area contributed by atoms with Crippen molar-refractivity contribution in [3.05, 3.63) is 30.1 Å². The molecule has 17 heavy (non-hydrogen) atoms. The van der Waals surface area contributed by atoms with Crippen LogP contribution in [0.15, 0.2) is 24.5 Å². The topological polar surface area (TPSA) is 42.1 Å². The van der Waals surface area contributed by atoms with Crippen molar-refractivity contribution >= 4 is 0 Å². The van der Waals surface area contributed by atoms with Crippen LogP contribution in [0.2, 0.25) is 0 Å². The molecular formula is C11H16F3N3. The Morgan fingerprint density at radius 2 is 1.88 bits per heavy atom. The van der Waals surface area contributed by atoms with Crippen molar-refractivity contribution in [3.8, 4) is 0 Å². The molecule has 0 aliphatic heterocycles. The third kappa shape index (κ3) is 4.32. The van der Waals surface area contributed by atoms with Crippen molar-refractivity contribution in [3.63, 3.8) is 0 Å². The largest absolute Gasteiger partial charge is 0.401 e. The first-order valence-electron chi connectivity index (χ1n) is 5.24. The van der Waals surface area contributed by atoms with Crippen molar-refractivity contribution in [1.82, 2.24) is 9.88 Å². The Kier molecular flexibility index (Phi) is 4.47. The van der Waals surface area contributed by atoms with Crippen LogP contribution in [0.25, 0.3) is 0 Å². The third-order valence-corrected chi connectivity index (χ3v) is 2.45. The van der Waals surface area contributed by atoms with Crippen molar-refractivity contribution < 1.29 is 13.2 Å². The lowest BCUT2D eigenvalue weighted by Gasteiger charge is -2.31. The smallest absolute Gasteiger partial charge is 0.326 e. The zero-order valence-electron chi connectivity index (χ0n) is 9.78. The molecule has 1 heterocycles. The van der Waals surface area contributed by atoms with Crippen molar-refractivity contribution in [2.24, 2.45) is 5.73 Å². The molecule has 0 fully saturated rings. The Labute approximate surface area is 98.4 Å². The minimum Gasteiger partial charge on any atom is -0.326 e. The molecule has 0 spiro atoms. The summed E-state index contributed by atoms with van der Waals surface area (Å²) in [5, 5.41) is 0. The monoisotopic (exact) mass is 247 g/mol. The van der Waals surface area contributed by atoms with Gasteiger partial charge in [0.25, 0.3) is 0 Å². The van der Waals surface area contributed by atoms with Gasteiger partial charge < -0.3 is 5.73 Å². The predicted molar refractivity (Wildman–Crippen MR) is 59.3 cm³/mol. The van der Waals surface area contributed by atoms with Gasteiger partial charge in [0.15, 0.2) is 0 Å². The average Bonchev–Trinajstić information content (AvgIpc) is 2.15. The highest BCUT2D eigenvalue weighted by Crippen LogP contribution is 2.25. The molecule has 2 N–H and O–H groups in total. The zero-order chi connectivity index (χ0) is 13.1. The van der Waals surface area contributed by atoms with Crippen LogP contribution in [0.3, 0.4) is 0 Å². The lowest BCUT2D eigenvalue weighted by molar-refractivity contribution is -0.148. The molecule has 0 bridgehead atoms. The van der Waals surface area contributed by atoms with E-state index in [2.05, 4.69) is 4.98 Å². The molecule has 0 radical (unpaired) electrons. The second-order valence-corrected chi connectivity index (χ2v) is 4.11. The van der Waals surface area contributed by atoms with E-state index in [1.807, 2.05) is 0 Å². The summed E-state index contributed by atoms with van der Waals surface area (Å²) in [6, 6.07) is 2.49. The first kappa shape index (κ1) is 13.9. The predicted octanol–water partition coefficient (Wildman–Crippen LogP) is 1.96. The highest BCUT2D eigenvalue weighted by Gasteiger charge is 2.33. The lowest BCUT2D eigenvalue weighted by atomic mass is 10.0. The number of likely N-dealkylation sites (N-methyl/N-ethyl adjacent to an activating group) is 1. The van der Waals surface area contributed by atoms with Gasteiger partial charge in [-0.1, -0.05) is 0 Å². The molecule has 0 aromatic carbocycles. The number of halogens is 3. The standard InChI is InChI=1S/C11H16F3N3/c1-8(15)10(9-3-5-16-6-4-9)17(2)7-11(12,13)14/h3-6,8,10H,7,15H2,1-2H3. The number of hydrogen-bond donors (Lipinski definition) is 1. The number of rotatable bonds is 4. The molecule has 2 atom stereocenters. The third-order valence-electron chi connectivity index (χ3n) is 2.45. The maximum absolute atomic E-state index is 12.4. The van der Waals surface area contributed by atoms with Gasteiger partial charge in [-0.15, -0.1) is 0 Å². The van der Waals surface area contributed by atoms with Crippen LogP contribution in [-0.4, -0.2) is 35.7 Å². The molecule has 0 saturated heterocycles. The quantitative estimate of drug-likeness (QED) is 0.884. The summed E-state index contributed by atoms with van der Waals surface area (Å²) in [6.07, 6.45) is -1.13. The number of aromatic nitrogens is 1. The van der Waals surface area contributed by atoms with Crippen LogP contribution in [0.4, 0.5) is 13.2 Å². The molecule has 0 aliphatic rings. The van der Waals surface area contributed by atoms with Gasteiger partial charge >= 0.3 is 6.18 Å². The number of hydrogen-bond acceptors (Lipinski definition) is 3. The summed E-state index contributed by atoms with van der Waals surface area (Å²) in [5.74, 6) is 0. The Bertz CT molecular complexity index is 338. The highest BCUT2D eigenvalue weighted by molar-refractivity contribution is 5.17. The maximum atomic E-state index is 12.4. The number of alkyl halides is 3. The first-order chi connectivity index (χ1) is 7.81. The fraction of sp³-hybridized carbons (Fsp3) is 0.545. The van der Waals surface area contributed by atoms with Crippen molar-refractivity contribution in [2.45, 2.75) is 25.2 Å². The van der Waals surface area contributed by atoms with Gasteiger partial charge in [-0.25, -0.2) is 0 Å². The number of nitrogens with two attached hydrogens (primary N) is 1. The fourth-order valence-corrected chi connectivity index (χ4v) is 1.90. The molecule has 1 aromatic rings. The van der Waals surface area contributed by atoms with E-state index in [1.54, 1.807) is 31.5 Å². The van der Waals surface area contributed by atoms with Gasteiger partial charge in [-0.2, -0.15) is 13.2 Å². The van der Waals surface area contributed by atoms with Crippen LogP contribution >= 0.6 is 0 Å². The SMILES string of the molecule is CC(N)C(c1ccncc1)N(C)CC(F)(F)F. The van der Waals surface area contributed by atoms with Gasteiger partial charge in [-0.3, -0.25) is 9.88 Å². The minimum atomic E-state index is -4.23. The molecule has 1 aromatic heterocycles. The van der Waals surface area contributed by atoms with Gasteiger partial charge in [-0.05, 0) is 31.7 Å². The Morgan fingerprint density at radius 1 is 1.35 bits per heavy atom. The summed E-state index contributed by atoms with van der Waals surface area (Å²) in [6.45, 7) is 0.708. The molecule has 3 nitrogen and oxygen atoms in total. The van der Waals surface area contributed by atoms with Crippen LogP contribution < -0.4 is 5.73 Å². The second kappa shape index (κ2) is 5.46. The first-order valence-corrected chi connectivity index (χ1v) is 5.24. The lowest BCUT2D eigenvalue weighted by Crippen LogP contribution is -2.41. The van der Waals surface area contributed by atoms with Crippen LogP contribution in [0.5, 0.6) is 0 Å². The molecule has 96 valence electrons. The van der Waals surface area contributed by atoms with E-state index in [0.29, 0.717) is 0 Å². The molecule has 1 rings (SSSR count). The molecular weight excluding hydrogens is 231 g/mol. The average molecular weight is 247 g/mol. The van der Waals surface area contributed by atoms with Crippen molar-refractivity contribution in [2.75, 3.05) is 13.6 Å². The van der Waals surface area contributed by atoms with Gasteiger partial charge in [0.1, 0.15) is 0 Å². The van der Waals surface area contributed by atoms with E-state index >= 15 is 0 Å². The minimum absolute atomic E-state index is 0.398.